The Hall–Kier alpha value is 0.330. The molecule has 0 fully saturated rings. The highest BCUT2D eigenvalue weighted by molar-refractivity contribution is 9.11. The number of halogens is 4. The van der Waals surface area contributed by atoms with E-state index in [4.69, 9.17) is 39.2 Å². The molecular weight excluding hydrogens is 342 g/mol. The Bertz CT molecular complexity index is 460. The van der Waals surface area contributed by atoms with Crippen molar-refractivity contribution in [3.8, 4) is 0 Å². The van der Waals surface area contributed by atoms with Crippen LogP contribution in [-0.2, 0) is 0 Å². The van der Waals surface area contributed by atoms with Gasteiger partial charge in [0, 0.05) is 4.88 Å². The monoisotopic (exact) mass is 344 g/mol. The highest BCUT2D eigenvalue weighted by Crippen LogP contribution is 2.40. The van der Waals surface area contributed by atoms with Gasteiger partial charge >= 0.3 is 0 Å². The summed E-state index contributed by atoms with van der Waals surface area (Å²) in [5, 5.41) is 0.627. The molecule has 80 valence electrons. The van der Waals surface area contributed by atoms with Crippen LogP contribution in [0.25, 0.3) is 0 Å². The first-order valence-electron chi connectivity index (χ1n) is 3.92. The molecule has 0 spiro atoms. The number of thiophene rings is 1. The summed E-state index contributed by atoms with van der Waals surface area (Å²) in [6.07, 6.45) is 0. The second kappa shape index (κ2) is 4.68. The normalized spacial score (nSPS) is 13.1. The minimum absolute atomic E-state index is 0.331. The van der Waals surface area contributed by atoms with Crippen LogP contribution in [-0.4, -0.2) is 0 Å². The van der Waals surface area contributed by atoms with Crippen LogP contribution in [0.15, 0.2) is 26.4 Å². The number of hydrogen-bond donors (Lipinski definition) is 0. The van der Waals surface area contributed by atoms with Gasteiger partial charge < -0.3 is 4.42 Å². The summed E-state index contributed by atoms with van der Waals surface area (Å²) in [5.74, 6) is 0.618. The van der Waals surface area contributed by atoms with Crippen molar-refractivity contribution in [1.29, 1.82) is 0 Å². The first-order chi connectivity index (χ1) is 7.08. The molecule has 0 aromatic carbocycles. The molecule has 2 aromatic heterocycles. The largest absolute Gasteiger partial charge is 0.448 e. The first kappa shape index (κ1) is 11.8. The molecule has 0 aliphatic carbocycles. The van der Waals surface area contributed by atoms with Gasteiger partial charge in [-0.2, -0.15) is 0 Å². The fraction of sp³-hybridized carbons (Fsp3) is 0.111. The van der Waals surface area contributed by atoms with E-state index in [2.05, 4.69) is 15.9 Å². The molecule has 0 radical (unpaired) electrons. The molecule has 0 bridgehead atoms. The molecule has 2 heterocycles. The average Bonchev–Trinajstić information content (AvgIpc) is 2.74. The average molecular weight is 346 g/mol. The highest BCUT2D eigenvalue weighted by atomic mass is 79.9. The van der Waals surface area contributed by atoms with E-state index in [1.54, 1.807) is 12.1 Å². The summed E-state index contributed by atoms with van der Waals surface area (Å²) in [5.41, 5.74) is 0. The summed E-state index contributed by atoms with van der Waals surface area (Å²) in [6, 6.07) is 5.22. The van der Waals surface area contributed by atoms with E-state index in [0.717, 1.165) is 8.66 Å². The molecule has 0 aliphatic heterocycles. The van der Waals surface area contributed by atoms with Crippen LogP contribution in [0.1, 0.15) is 16.0 Å². The topological polar surface area (TPSA) is 13.1 Å². The molecule has 15 heavy (non-hydrogen) atoms. The van der Waals surface area contributed by atoms with E-state index >= 15 is 0 Å². The van der Waals surface area contributed by atoms with Crippen molar-refractivity contribution in [3.05, 3.63) is 42.9 Å². The van der Waals surface area contributed by atoms with E-state index in [1.807, 2.05) is 6.07 Å². The summed E-state index contributed by atoms with van der Waals surface area (Å²) in [4.78, 5) is 0.916. The fourth-order valence-electron chi connectivity index (χ4n) is 1.09. The van der Waals surface area contributed by atoms with Crippen molar-refractivity contribution < 1.29 is 4.42 Å². The number of rotatable bonds is 2. The molecule has 1 atom stereocenters. The van der Waals surface area contributed by atoms with Crippen molar-refractivity contribution in [2.75, 3.05) is 0 Å². The van der Waals surface area contributed by atoms with E-state index in [9.17, 15) is 0 Å². The van der Waals surface area contributed by atoms with Crippen molar-refractivity contribution >= 4 is 62.1 Å². The van der Waals surface area contributed by atoms with Gasteiger partial charge in [0.25, 0.3) is 0 Å². The van der Waals surface area contributed by atoms with Gasteiger partial charge in [0.2, 0.25) is 0 Å². The summed E-state index contributed by atoms with van der Waals surface area (Å²) >= 11 is 22.6. The molecular formula is C9H4BrCl3OS. The lowest BCUT2D eigenvalue weighted by molar-refractivity contribution is 0.519. The maximum absolute atomic E-state index is 6.21. The van der Waals surface area contributed by atoms with Crippen LogP contribution in [0.3, 0.4) is 0 Å². The smallest absolute Gasteiger partial charge is 0.193 e. The Kier molecular flexibility index (Phi) is 3.68. The Morgan fingerprint density at radius 3 is 2.53 bits per heavy atom. The Morgan fingerprint density at radius 1 is 1.33 bits per heavy atom. The van der Waals surface area contributed by atoms with Crippen LogP contribution < -0.4 is 0 Å². The minimum atomic E-state index is -0.355. The Labute approximate surface area is 114 Å². The maximum Gasteiger partial charge on any atom is 0.193 e. The second-order valence-electron chi connectivity index (χ2n) is 2.77. The summed E-state index contributed by atoms with van der Waals surface area (Å²) in [6.45, 7) is 0. The zero-order chi connectivity index (χ0) is 11.0. The molecule has 2 aromatic rings. The minimum Gasteiger partial charge on any atom is -0.448 e. The molecule has 6 heteroatoms. The van der Waals surface area contributed by atoms with Gasteiger partial charge in [-0.1, -0.05) is 11.6 Å². The molecule has 1 nitrogen and oxygen atoms in total. The zero-order valence-corrected chi connectivity index (χ0v) is 11.8. The van der Waals surface area contributed by atoms with Crippen LogP contribution in [0.5, 0.6) is 0 Å². The van der Waals surface area contributed by atoms with Crippen molar-refractivity contribution in [2.45, 2.75) is 5.38 Å². The molecule has 0 amide bonds. The third kappa shape index (κ3) is 2.53. The van der Waals surface area contributed by atoms with Crippen LogP contribution in [0, 0.1) is 0 Å². The third-order valence-electron chi connectivity index (χ3n) is 1.76. The van der Waals surface area contributed by atoms with E-state index < -0.39 is 0 Å². The van der Waals surface area contributed by atoms with Crippen LogP contribution in [0.4, 0.5) is 0 Å². The molecule has 0 aliphatic rings. The fourth-order valence-corrected chi connectivity index (χ4v) is 3.29. The van der Waals surface area contributed by atoms with Crippen molar-refractivity contribution in [2.24, 2.45) is 0 Å². The molecule has 0 saturated carbocycles. The third-order valence-corrected chi connectivity index (χ3v) is 5.08. The Balaban J connectivity index is 2.31. The zero-order valence-electron chi connectivity index (χ0n) is 7.14. The van der Waals surface area contributed by atoms with E-state index in [-0.39, 0.29) is 5.38 Å². The molecule has 0 N–H and O–H groups in total. The summed E-state index contributed by atoms with van der Waals surface area (Å²) < 4.78 is 6.09. The van der Waals surface area contributed by atoms with E-state index in [0.29, 0.717) is 16.0 Å². The SMILES string of the molecule is Clc1ccc(C(Cl)c2cc(Cl)c(Br)s2)o1. The summed E-state index contributed by atoms with van der Waals surface area (Å²) in [7, 11) is 0. The lowest BCUT2D eigenvalue weighted by atomic mass is 10.3. The van der Waals surface area contributed by atoms with Gasteiger partial charge in [-0.05, 0) is 45.7 Å². The van der Waals surface area contributed by atoms with Crippen LogP contribution >= 0.6 is 62.1 Å². The maximum atomic E-state index is 6.21. The van der Waals surface area contributed by atoms with Gasteiger partial charge in [0.05, 0.1) is 8.81 Å². The second-order valence-corrected chi connectivity index (χ2v) is 6.39. The molecule has 2 rings (SSSR count). The van der Waals surface area contributed by atoms with Gasteiger partial charge in [-0.3, -0.25) is 0 Å². The van der Waals surface area contributed by atoms with Crippen LogP contribution in [0.2, 0.25) is 10.2 Å². The number of furan rings is 1. The lowest BCUT2D eigenvalue weighted by Gasteiger charge is -2.01. The first-order valence-corrected chi connectivity index (χ1v) is 6.72. The van der Waals surface area contributed by atoms with Gasteiger partial charge in [-0.25, -0.2) is 0 Å². The predicted molar refractivity (Wildman–Crippen MR) is 68.4 cm³/mol. The van der Waals surface area contributed by atoms with Gasteiger partial charge in [-0.15, -0.1) is 22.9 Å². The number of hydrogen-bond acceptors (Lipinski definition) is 2. The number of alkyl halides is 1. The van der Waals surface area contributed by atoms with Crippen molar-refractivity contribution in [1.82, 2.24) is 0 Å². The van der Waals surface area contributed by atoms with Gasteiger partial charge in [0.15, 0.2) is 5.22 Å². The molecule has 0 saturated heterocycles. The lowest BCUT2D eigenvalue weighted by Crippen LogP contribution is -1.85. The standard InChI is InChI=1S/C9H4BrCl3OS/c10-9-4(11)3-6(15-9)8(13)5-1-2-7(12)14-5/h1-3,8H. The highest BCUT2D eigenvalue weighted by Gasteiger charge is 2.18. The quantitative estimate of drug-likeness (QED) is 0.632. The molecule has 1 unspecified atom stereocenters. The van der Waals surface area contributed by atoms with E-state index in [1.165, 1.54) is 11.3 Å². The van der Waals surface area contributed by atoms with Crippen molar-refractivity contribution in [3.63, 3.8) is 0 Å². The Morgan fingerprint density at radius 2 is 2.07 bits per heavy atom. The van der Waals surface area contributed by atoms with Gasteiger partial charge in [0.1, 0.15) is 11.1 Å². The predicted octanol–water partition coefficient (Wildman–Crippen LogP) is 5.74.